The Morgan fingerprint density at radius 3 is 2.45 bits per heavy atom. The quantitative estimate of drug-likeness (QED) is 0.602. The van der Waals surface area contributed by atoms with Gasteiger partial charge in [-0.05, 0) is 19.4 Å². The van der Waals surface area contributed by atoms with Crippen LogP contribution >= 0.6 is 0 Å². The largest absolute Gasteiger partial charge is 0.295 e. The molecule has 0 aliphatic carbocycles. The van der Waals surface area contributed by atoms with Gasteiger partial charge in [-0.25, -0.2) is 0 Å². The van der Waals surface area contributed by atoms with Gasteiger partial charge in [0.2, 0.25) is 0 Å². The number of ketones is 1. The van der Waals surface area contributed by atoms with Crippen LogP contribution in [-0.4, -0.2) is 21.5 Å². The van der Waals surface area contributed by atoms with E-state index in [1.807, 2.05) is 6.92 Å². The Labute approximate surface area is 70.1 Å². The van der Waals surface area contributed by atoms with Crippen molar-refractivity contribution >= 4 is 16.6 Å². The first kappa shape index (κ1) is 10.6. The Kier molecular flexibility index (Phi) is 5.03. The molecule has 2 nitrogen and oxygen atoms in total. The highest BCUT2D eigenvalue weighted by Crippen LogP contribution is 2.01. The van der Waals surface area contributed by atoms with Crippen LogP contribution < -0.4 is 0 Å². The van der Waals surface area contributed by atoms with Crippen molar-refractivity contribution in [3.8, 4) is 0 Å². The molecule has 2 atom stereocenters. The lowest BCUT2D eigenvalue weighted by atomic mass is 10.3. The van der Waals surface area contributed by atoms with Crippen molar-refractivity contribution in [3.63, 3.8) is 0 Å². The summed E-state index contributed by atoms with van der Waals surface area (Å²) in [6.45, 7) is 3.44. The maximum absolute atomic E-state index is 10.9. The van der Waals surface area contributed by atoms with Crippen LogP contribution in [0.3, 0.4) is 0 Å². The second-order valence-electron chi connectivity index (χ2n) is 2.42. The molecular formula is C8H14O2S. The SMILES string of the molecule is CCC(C=CC(C)=O)S(C)=O. The lowest BCUT2D eigenvalue weighted by Gasteiger charge is -2.03. The molecule has 0 aliphatic heterocycles. The molecule has 0 fully saturated rings. The number of hydrogen-bond donors (Lipinski definition) is 0. The van der Waals surface area contributed by atoms with Gasteiger partial charge < -0.3 is 0 Å². The average molecular weight is 174 g/mol. The van der Waals surface area contributed by atoms with Gasteiger partial charge >= 0.3 is 0 Å². The van der Waals surface area contributed by atoms with E-state index >= 15 is 0 Å². The Morgan fingerprint density at radius 1 is 1.64 bits per heavy atom. The molecule has 0 rings (SSSR count). The van der Waals surface area contributed by atoms with E-state index in [1.54, 1.807) is 12.3 Å². The molecule has 0 aromatic heterocycles. The maximum Gasteiger partial charge on any atom is 0.152 e. The molecule has 0 saturated heterocycles. The molecule has 0 saturated carbocycles. The minimum absolute atomic E-state index is 0.00824. The second-order valence-corrected chi connectivity index (χ2v) is 4.02. The van der Waals surface area contributed by atoms with Gasteiger partial charge in [-0.2, -0.15) is 0 Å². The molecule has 0 radical (unpaired) electrons. The van der Waals surface area contributed by atoms with Crippen LogP contribution in [0.5, 0.6) is 0 Å². The van der Waals surface area contributed by atoms with Gasteiger partial charge in [0.05, 0.1) is 5.25 Å². The lowest BCUT2D eigenvalue weighted by molar-refractivity contribution is -0.112. The molecule has 64 valence electrons. The van der Waals surface area contributed by atoms with E-state index in [2.05, 4.69) is 0 Å². The molecule has 0 heterocycles. The highest BCUT2D eigenvalue weighted by molar-refractivity contribution is 7.85. The van der Waals surface area contributed by atoms with E-state index in [-0.39, 0.29) is 11.0 Å². The zero-order valence-electron chi connectivity index (χ0n) is 7.16. The number of rotatable bonds is 4. The molecule has 0 aromatic rings. The third-order valence-corrected chi connectivity index (χ3v) is 2.72. The van der Waals surface area contributed by atoms with Crippen molar-refractivity contribution in [1.29, 1.82) is 0 Å². The summed E-state index contributed by atoms with van der Waals surface area (Å²) in [5.74, 6) is 0.00824. The normalized spacial score (nSPS) is 16.6. The van der Waals surface area contributed by atoms with Crippen LogP contribution in [0, 0.1) is 0 Å². The standard InChI is InChI=1S/C8H14O2S/c1-4-8(11(3)10)6-5-7(2)9/h5-6,8H,4H2,1-3H3. The zero-order valence-corrected chi connectivity index (χ0v) is 7.98. The molecule has 0 aromatic carbocycles. The van der Waals surface area contributed by atoms with Crippen LogP contribution in [0.1, 0.15) is 20.3 Å². The summed E-state index contributed by atoms with van der Waals surface area (Å²) < 4.78 is 10.9. The predicted octanol–water partition coefficient (Wildman–Crippen LogP) is 1.29. The molecule has 0 N–H and O–H groups in total. The summed E-state index contributed by atoms with van der Waals surface area (Å²) >= 11 is 0. The van der Waals surface area contributed by atoms with Gasteiger partial charge in [0.15, 0.2) is 5.78 Å². The summed E-state index contributed by atoms with van der Waals surface area (Å²) in [4.78, 5) is 10.5. The summed E-state index contributed by atoms with van der Waals surface area (Å²) in [5, 5.41) is 0.0268. The smallest absolute Gasteiger partial charge is 0.152 e. The van der Waals surface area contributed by atoms with Gasteiger partial charge in [-0.15, -0.1) is 0 Å². The first-order chi connectivity index (χ1) is 5.07. The summed E-state index contributed by atoms with van der Waals surface area (Å²) in [6, 6.07) is 0. The van der Waals surface area contributed by atoms with Gasteiger partial charge in [0, 0.05) is 17.1 Å². The lowest BCUT2D eigenvalue weighted by Crippen LogP contribution is -2.09. The van der Waals surface area contributed by atoms with Gasteiger partial charge in [0.1, 0.15) is 0 Å². The molecule has 0 bridgehead atoms. The van der Waals surface area contributed by atoms with E-state index in [4.69, 9.17) is 0 Å². The van der Waals surface area contributed by atoms with Crippen LogP contribution in [0.25, 0.3) is 0 Å². The number of hydrogen-bond acceptors (Lipinski definition) is 2. The molecular weight excluding hydrogens is 160 g/mol. The topological polar surface area (TPSA) is 34.1 Å². The minimum Gasteiger partial charge on any atom is -0.295 e. The zero-order chi connectivity index (χ0) is 8.85. The van der Waals surface area contributed by atoms with Crippen LogP contribution in [0.15, 0.2) is 12.2 Å². The molecule has 3 heteroatoms. The minimum atomic E-state index is -0.859. The van der Waals surface area contributed by atoms with E-state index in [0.717, 1.165) is 6.42 Å². The third-order valence-electron chi connectivity index (χ3n) is 1.37. The molecule has 2 unspecified atom stereocenters. The average Bonchev–Trinajstić information content (AvgIpc) is 1.87. The van der Waals surface area contributed by atoms with Crippen molar-refractivity contribution in [3.05, 3.63) is 12.2 Å². The Hall–Kier alpha value is -0.440. The molecule has 11 heavy (non-hydrogen) atoms. The van der Waals surface area contributed by atoms with Crippen molar-refractivity contribution in [2.75, 3.05) is 6.26 Å². The first-order valence-electron chi connectivity index (χ1n) is 3.59. The summed E-state index contributed by atoms with van der Waals surface area (Å²) in [6.07, 6.45) is 5.67. The molecule has 0 spiro atoms. The monoisotopic (exact) mass is 174 g/mol. The van der Waals surface area contributed by atoms with Crippen molar-refractivity contribution in [2.24, 2.45) is 0 Å². The van der Waals surface area contributed by atoms with E-state index in [1.165, 1.54) is 13.0 Å². The van der Waals surface area contributed by atoms with E-state index in [0.29, 0.717) is 0 Å². The highest BCUT2D eigenvalue weighted by atomic mass is 32.2. The fraction of sp³-hybridized carbons (Fsp3) is 0.625. The van der Waals surface area contributed by atoms with Gasteiger partial charge in [-0.1, -0.05) is 13.0 Å². The van der Waals surface area contributed by atoms with Crippen LogP contribution in [-0.2, 0) is 15.6 Å². The Morgan fingerprint density at radius 2 is 2.18 bits per heavy atom. The van der Waals surface area contributed by atoms with Crippen LogP contribution in [0.2, 0.25) is 0 Å². The fourth-order valence-electron chi connectivity index (χ4n) is 0.724. The number of carbonyl (C=O) groups is 1. The fourth-order valence-corrected chi connectivity index (χ4v) is 1.49. The van der Waals surface area contributed by atoms with Crippen molar-refractivity contribution in [1.82, 2.24) is 0 Å². The Balaban J connectivity index is 4.08. The van der Waals surface area contributed by atoms with Crippen molar-refractivity contribution < 1.29 is 9.00 Å². The van der Waals surface area contributed by atoms with E-state index in [9.17, 15) is 9.00 Å². The van der Waals surface area contributed by atoms with Gasteiger partial charge in [0.25, 0.3) is 0 Å². The first-order valence-corrected chi connectivity index (χ1v) is 5.21. The van der Waals surface area contributed by atoms with Crippen molar-refractivity contribution in [2.45, 2.75) is 25.5 Å². The predicted molar refractivity (Wildman–Crippen MR) is 48.0 cm³/mol. The number of carbonyl (C=O) groups excluding carboxylic acids is 1. The maximum atomic E-state index is 10.9. The number of allylic oxidation sites excluding steroid dienone is 1. The third kappa shape index (κ3) is 4.90. The van der Waals surface area contributed by atoms with Gasteiger partial charge in [-0.3, -0.25) is 9.00 Å². The highest BCUT2D eigenvalue weighted by Gasteiger charge is 2.04. The molecule has 0 aliphatic rings. The van der Waals surface area contributed by atoms with E-state index < -0.39 is 10.8 Å². The summed E-state index contributed by atoms with van der Waals surface area (Å²) in [7, 11) is -0.859. The molecule has 0 amide bonds. The second kappa shape index (κ2) is 5.24. The Bertz CT molecular complexity index is 185. The summed E-state index contributed by atoms with van der Waals surface area (Å²) in [5.41, 5.74) is 0. The van der Waals surface area contributed by atoms with Crippen LogP contribution in [0.4, 0.5) is 0 Å².